The molecule has 6 nitrogen and oxygen atoms in total. The van der Waals surface area contributed by atoms with Crippen molar-refractivity contribution in [3.05, 3.63) is 47.0 Å². The van der Waals surface area contributed by atoms with E-state index in [1.54, 1.807) is 11.3 Å². The fourth-order valence-electron chi connectivity index (χ4n) is 3.74. The maximum Gasteiger partial charge on any atom is 0.246 e. The Kier molecular flexibility index (Phi) is 6.34. The van der Waals surface area contributed by atoms with E-state index < -0.39 is 0 Å². The molecule has 0 spiro atoms. The first-order valence-corrected chi connectivity index (χ1v) is 10.8. The van der Waals surface area contributed by atoms with E-state index in [-0.39, 0.29) is 12.3 Å². The molecule has 7 heteroatoms. The molecule has 1 aliphatic heterocycles. The zero-order chi connectivity index (χ0) is 19.2. The number of aromatic nitrogens is 1. The molecule has 1 amide bonds. The van der Waals surface area contributed by atoms with Crippen molar-refractivity contribution in [2.45, 2.75) is 38.0 Å². The highest BCUT2D eigenvalue weighted by Crippen LogP contribution is 2.31. The van der Waals surface area contributed by atoms with Crippen molar-refractivity contribution in [1.29, 1.82) is 0 Å². The highest BCUT2D eigenvalue weighted by Gasteiger charge is 2.19. The van der Waals surface area contributed by atoms with Crippen molar-refractivity contribution in [1.82, 2.24) is 10.4 Å². The average molecular weight is 399 g/mol. The second-order valence-corrected chi connectivity index (χ2v) is 8.13. The second-order valence-electron chi connectivity index (χ2n) is 7.30. The molecular formula is C21H26N4O2S. The van der Waals surface area contributed by atoms with Gasteiger partial charge in [-0.1, -0.05) is 30.3 Å². The lowest BCUT2D eigenvalue weighted by molar-refractivity contribution is -0.120. The van der Waals surface area contributed by atoms with Crippen molar-refractivity contribution < 1.29 is 9.53 Å². The van der Waals surface area contributed by atoms with E-state index in [1.165, 1.54) is 5.56 Å². The molecule has 2 fully saturated rings. The first-order chi connectivity index (χ1) is 13.8. The number of ether oxygens (including phenoxy) is 1. The molecule has 2 aliphatic rings. The summed E-state index contributed by atoms with van der Waals surface area (Å²) >= 11 is 1.59. The van der Waals surface area contributed by atoms with Crippen molar-refractivity contribution >= 4 is 28.1 Å². The van der Waals surface area contributed by atoms with Gasteiger partial charge in [0.1, 0.15) is 0 Å². The lowest BCUT2D eigenvalue weighted by Gasteiger charge is -2.26. The van der Waals surface area contributed by atoms with Gasteiger partial charge in [0.15, 0.2) is 5.13 Å². The Morgan fingerprint density at radius 1 is 1.21 bits per heavy atom. The van der Waals surface area contributed by atoms with Crippen molar-refractivity contribution in [2.24, 2.45) is 5.10 Å². The minimum Gasteiger partial charge on any atom is -0.378 e. The standard InChI is InChI=1S/C21H26N4O2S/c26-20(14-19-15-28-21(22-19)25-10-12-27-13-11-25)24-23-18-8-6-17(7-9-18)16-4-2-1-3-5-16/h1-5,15,17H,6-14H2,(H,24,26). The maximum atomic E-state index is 12.2. The van der Waals surface area contributed by atoms with Crippen LogP contribution in [0.15, 0.2) is 40.8 Å². The van der Waals surface area contributed by atoms with Crippen molar-refractivity contribution in [2.75, 3.05) is 31.2 Å². The topological polar surface area (TPSA) is 66.8 Å². The third-order valence-corrected chi connectivity index (χ3v) is 6.29. The number of nitrogens with zero attached hydrogens (tertiary/aromatic N) is 3. The van der Waals surface area contributed by atoms with E-state index in [2.05, 4.69) is 50.7 Å². The fraction of sp³-hybridized carbons (Fsp3) is 0.476. The van der Waals surface area contributed by atoms with Crippen LogP contribution in [0, 0.1) is 0 Å². The van der Waals surface area contributed by atoms with Gasteiger partial charge in [-0.05, 0) is 37.2 Å². The summed E-state index contributed by atoms with van der Waals surface area (Å²) in [7, 11) is 0. The first kappa shape index (κ1) is 19.1. The van der Waals surface area contributed by atoms with Gasteiger partial charge in [-0.25, -0.2) is 10.4 Å². The van der Waals surface area contributed by atoms with E-state index in [1.807, 2.05) is 5.38 Å². The quantitative estimate of drug-likeness (QED) is 0.785. The number of thiazole rings is 1. The molecule has 0 unspecified atom stereocenters. The predicted octanol–water partition coefficient (Wildman–Crippen LogP) is 3.35. The first-order valence-electron chi connectivity index (χ1n) is 9.94. The summed E-state index contributed by atoms with van der Waals surface area (Å²) in [5, 5.41) is 7.30. The lowest BCUT2D eigenvalue weighted by Crippen LogP contribution is -2.36. The van der Waals surface area contributed by atoms with E-state index in [0.29, 0.717) is 5.92 Å². The molecule has 0 radical (unpaired) electrons. The van der Waals surface area contributed by atoms with E-state index in [0.717, 1.165) is 68.5 Å². The largest absolute Gasteiger partial charge is 0.378 e. The van der Waals surface area contributed by atoms with Crippen LogP contribution in [-0.2, 0) is 16.0 Å². The molecule has 1 N–H and O–H groups in total. The molecule has 0 bridgehead atoms. The van der Waals surface area contributed by atoms with Crippen LogP contribution < -0.4 is 10.3 Å². The minimum absolute atomic E-state index is 0.100. The summed E-state index contributed by atoms with van der Waals surface area (Å²) in [5.74, 6) is 0.501. The number of morpholine rings is 1. The van der Waals surface area contributed by atoms with Gasteiger partial charge in [-0.15, -0.1) is 11.3 Å². The van der Waals surface area contributed by atoms with Gasteiger partial charge in [-0.2, -0.15) is 5.10 Å². The Hall–Kier alpha value is -2.25. The summed E-state index contributed by atoms with van der Waals surface area (Å²) < 4.78 is 5.37. The van der Waals surface area contributed by atoms with Gasteiger partial charge in [0.2, 0.25) is 5.91 Å². The molecule has 4 rings (SSSR count). The van der Waals surface area contributed by atoms with Crippen LogP contribution in [0.5, 0.6) is 0 Å². The number of rotatable bonds is 5. The molecular weight excluding hydrogens is 372 g/mol. The Morgan fingerprint density at radius 3 is 2.71 bits per heavy atom. The number of anilines is 1. The predicted molar refractivity (Wildman–Crippen MR) is 112 cm³/mol. The molecule has 1 aliphatic carbocycles. The number of hydrogen-bond donors (Lipinski definition) is 1. The van der Waals surface area contributed by atoms with Gasteiger partial charge in [0.25, 0.3) is 0 Å². The van der Waals surface area contributed by atoms with Crippen molar-refractivity contribution in [3.8, 4) is 0 Å². The molecule has 1 saturated carbocycles. The number of carbonyl (C=O) groups is 1. The van der Waals surface area contributed by atoms with Crippen LogP contribution >= 0.6 is 11.3 Å². The smallest absolute Gasteiger partial charge is 0.246 e. The Labute approximate surface area is 169 Å². The Bertz CT molecular complexity index is 805. The summed E-state index contributed by atoms with van der Waals surface area (Å²) in [6, 6.07) is 10.7. The lowest BCUT2D eigenvalue weighted by atomic mass is 9.83. The molecule has 1 aromatic heterocycles. The number of nitrogens with one attached hydrogen (secondary N) is 1. The van der Waals surface area contributed by atoms with Crippen LogP contribution in [0.4, 0.5) is 5.13 Å². The summed E-state index contributed by atoms with van der Waals surface area (Å²) in [6.45, 7) is 3.18. The van der Waals surface area contributed by atoms with E-state index >= 15 is 0 Å². The number of amides is 1. The van der Waals surface area contributed by atoms with E-state index in [9.17, 15) is 4.79 Å². The van der Waals surface area contributed by atoms with E-state index in [4.69, 9.17) is 4.74 Å². The fourth-order valence-corrected chi connectivity index (χ4v) is 4.62. The Morgan fingerprint density at radius 2 is 1.96 bits per heavy atom. The molecule has 1 aromatic carbocycles. The summed E-state index contributed by atoms with van der Waals surface area (Å²) in [4.78, 5) is 19.0. The number of hydrazone groups is 1. The number of carbonyl (C=O) groups excluding carboxylic acids is 1. The second kappa shape index (κ2) is 9.30. The van der Waals surface area contributed by atoms with Gasteiger partial charge >= 0.3 is 0 Å². The molecule has 28 heavy (non-hydrogen) atoms. The van der Waals surface area contributed by atoms with Gasteiger partial charge in [0, 0.05) is 24.2 Å². The highest BCUT2D eigenvalue weighted by atomic mass is 32.1. The number of benzene rings is 1. The zero-order valence-corrected chi connectivity index (χ0v) is 16.8. The van der Waals surface area contributed by atoms with Crippen LogP contribution in [-0.4, -0.2) is 42.9 Å². The monoisotopic (exact) mass is 398 g/mol. The highest BCUT2D eigenvalue weighted by molar-refractivity contribution is 7.13. The molecule has 2 aromatic rings. The van der Waals surface area contributed by atoms with Gasteiger partial charge < -0.3 is 9.64 Å². The average Bonchev–Trinajstić information content (AvgIpc) is 3.22. The SMILES string of the molecule is O=C(Cc1csc(N2CCOCC2)n1)NN=C1CCC(c2ccccc2)CC1. The minimum atomic E-state index is -0.100. The summed E-state index contributed by atoms with van der Waals surface area (Å²) in [5.41, 5.74) is 6.03. The van der Waals surface area contributed by atoms with Crippen LogP contribution in [0.2, 0.25) is 0 Å². The maximum absolute atomic E-state index is 12.2. The normalized spacial score (nSPS) is 20.1. The Balaban J connectivity index is 1.24. The van der Waals surface area contributed by atoms with Gasteiger partial charge in [0.05, 0.1) is 25.3 Å². The summed E-state index contributed by atoms with van der Waals surface area (Å²) in [6.07, 6.45) is 4.33. The zero-order valence-electron chi connectivity index (χ0n) is 16.0. The molecule has 148 valence electrons. The van der Waals surface area contributed by atoms with Crippen LogP contribution in [0.25, 0.3) is 0 Å². The third kappa shape index (κ3) is 4.97. The van der Waals surface area contributed by atoms with Gasteiger partial charge in [-0.3, -0.25) is 4.79 Å². The van der Waals surface area contributed by atoms with Crippen molar-refractivity contribution in [3.63, 3.8) is 0 Å². The molecule has 2 heterocycles. The number of hydrogen-bond acceptors (Lipinski definition) is 6. The molecule has 1 saturated heterocycles. The molecule has 0 atom stereocenters. The van der Waals surface area contributed by atoms with Crippen LogP contribution in [0.1, 0.15) is 42.9 Å². The van der Waals surface area contributed by atoms with Crippen LogP contribution in [0.3, 0.4) is 0 Å². The third-order valence-electron chi connectivity index (χ3n) is 5.34.